The molecule has 0 amide bonds. The summed E-state index contributed by atoms with van der Waals surface area (Å²) in [6.07, 6.45) is 2.66. The van der Waals surface area contributed by atoms with Crippen molar-refractivity contribution in [2.75, 3.05) is 31.2 Å². The Kier molecular flexibility index (Phi) is 4.29. The molecule has 1 aliphatic heterocycles. The number of fused-ring (bicyclic) bond motifs is 1. The molecular formula is C17H16BrN3OS. The summed E-state index contributed by atoms with van der Waals surface area (Å²) in [5.41, 5.74) is 3.49. The number of halogens is 1. The van der Waals surface area contributed by atoms with Crippen molar-refractivity contribution >= 4 is 43.2 Å². The largest absolute Gasteiger partial charge is 0.378 e. The Labute approximate surface area is 147 Å². The third-order valence-electron chi connectivity index (χ3n) is 4.00. The summed E-state index contributed by atoms with van der Waals surface area (Å²) in [4.78, 5) is 11.5. The second kappa shape index (κ2) is 6.55. The lowest BCUT2D eigenvalue weighted by Gasteiger charge is -2.28. The number of hydrogen-bond acceptors (Lipinski definition) is 5. The van der Waals surface area contributed by atoms with Gasteiger partial charge in [-0.25, -0.2) is 9.97 Å². The average molecular weight is 390 g/mol. The Morgan fingerprint density at radius 1 is 1.17 bits per heavy atom. The van der Waals surface area contributed by atoms with Crippen LogP contribution in [0.25, 0.3) is 10.2 Å². The van der Waals surface area contributed by atoms with Crippen LogP contribution < -0.4 is 4.90 Å². The number of rotatable bonds is 3. The van der Waals surface area contributed by atoms with Gasteiger partial charge in [0.2, 0.25) is 0 Å². The zero-order valence-electron chi connectivity index (χ0n) is 12.5. The van der Waals surface area contributed by atoms with Gasteiger partial charge in [-0.1, -0.05) is 12.1 Å². The first-order valence-corrected chi connectivity index (χ1v) is 9.27. The van der Waals surface area contributed by atoms with Crippen molar-refractivity contribution in [3.8, 4) is 0 Å². The Morgan fingerprint density at radius 3 is 2.74 bits per heavy atom. The van der Waals surface area contributed by atoms with E-state index in [2.05, 4.69) is 60.4 Å². The van der Waals surface area contributed by atoms with Crippen LogP contribution in [-0.4, -0.2) is 36.3 Å². The second-order valence-electron chi connectivity index (χ2n) is 5.53. The predicted molar refractivity (Wildman–Crippen MR) is 97.4 cm³/mol. The van der Waals surface area contributed by atoms with Gasteiger partial charge in [0, 0.05) is 36.8 Å². The van der Waals surface area contributed by atoms with Crippen LogP contribution in [0.1, 0.15) is 11.4 Å². The van der Waals surface area contributed by atoms with Gasteiger partial charge in [0.1, 0.15) is 5.82 Å². The molecule has 0 unspecified atom stereocenters. The number of benzene rings is 1. The molecule has 0 spiro atoms. The fraction of sp³-hybridized carbons (Fsp3) is 0.294. The van der Waals surface area contributed by atoms with Crippen LogP contribution in [0.15, 0.2) is 40.3 Å². The topological polar surface area (TPSA) is 38.2 Å². The number of nitrogens with zero attached hydrogens (tertiary/aromatic N) is 3. The second-order valence-corrected chi connectivity index (χ2v) is 7.29. The van der Waals surface area contributed by atoms with Crippen LogP contribution in [0.3, 0.4) is 0 Å². The number of thiophene rings is 1. The van der Waals surface area contributed by atoms with Crippen LogP contribution in [0.2, 0.25) is 0 Å². The number of aromatic nitrogens is 2. The SMILES string of the molecule is Brc1csc2cnc(Cc3ccc(N4CCOCC4)cc3)nc12. The van der Waals surface area contributed by atoms with E-state index in [1.807, 2.05) is 6.20 Å². The van der Waals surface area contributed by atoms with E-state index in [4.69, 9.17) is 4.74 Å². The van der Waals surface area contributed by atoms with Crippen molar-refractivity contribution in [1.82, 2.24) is 9.97 Å². The highest BCUT2D eigenvalue weighted by atomic mass is 79.9. The fourth-order valence-electron chi connectivity index (χ4n) is 2.75. The van der Waals surface area contributed by atoms with Crippen LogP contribution in [0, 0.1) is 0 Å². The lowest BCUT2D eigenvalue weighted by Crippen LogP contribution is -2.36. The van der Waals surface area contributed by atoms with Gasteiger partial charge in [-0.2, -0.15) is 0 Å². The van der Waals surface area contributed by atoms with E-state index in [0.29, 0.717) is 0 Å². The van der Waals surface area contributed by atoms with E-state index in [1.165, 1.54) is 11.3 Å². The minimum Gasteiger partial charge on any atom is -0.378 e. The molecule has 3 heterocycles. The van der Waals surface area contributed by atoms with Gasteiger partial charge in [-0.05, 0) is 33.6 Å². The summed E-state index contributed by atoms with van der Waals surface area (Å²) in [5, 5.41) is 2.06. The van der Waals surface area contributed by atoms with Crippen molar-refractivity contribution in [1.29, 1.82) is 0 Å². The van der Waals surface area contributed by atoms with Crippen molar-refractivity contribution in [2.45, 2.75) is 6.42 Å². The Hall–Kier alpha value is -1.50. The van der Waals surface area contributed by atoms with Gasteiger partial charge in [0.15, 0.2) is 0 Å². The zero-order valence-corrected chi connectivity index (χ0v) is 14.9. The Balaban J connectivity index is 1.52. The molecule has 23 heavy (non-hydrogen) atoms. The van der Waals surface area contributed by atoms with Gasteiger partial charge in [-0.15, -0.1) is 11.3 Å². The van der Waals surface area contributed by atoms with Crippen LogP contribution in [0.5, 0.6) is 0 Å². The summed E-state index contributed by atoms with van der Waals surface area (Å²) < 4.78 is 7.56. The molecule has 0 N–H and O–H groups in total. The molecule has 1 fully saturated rings. The molecule has 0 aliphatic carbocycles. The maximum absolute atomic E-state index is 5.40. The molecule has 0 bridgehead atoms. The quantitative estimate of drug-likeness (QED) is 0.681. The highest BCUT2D eigenvalue weighted by molar-refractivity contribution is 9.10. The molecule has 3 aromatic rings. The molecule has 6 heteroatoms. The smallest absolute Gasteiger partial charge is 0.133 e. The fourth-order valence-corrected chi connectivity index (χ4v) is 4.19. The first-order valence-electron chi connectivity index (χ1n) is 7.60. The van der Waals surface area contributed by atoms with Gasteiger partial charge < -0.3 is 9.64 Å². The predicted octanol–water partition coefficient (Wildman–Crippen LogP) is 3.88. The van der Waals surface area contributed by atoms with Gasteiger partial charge in [0.05, 0.1) is 27.9 Å². The molecule has 0 atom stereocenters. The highest BCUT2D eigenvalue weighted by Gasteiger charge is 2.11. The lowest BCUT2D eigenvalue weighted by atomic mass is 10.1. The maximum Gasteiger partial charge on any atom is 0.133 e. The summed E-state index contributed by atoms with van der Waals surface area (Å²) >= 11 is 5.20. The van der Waals surface area contributed by atoms with Crippen LogP contribution >= 0.6 is 27.3 Å². The normalized spacial score (nSPS) is 15.3. The molecule has 0 radical (unpaired) electrons. The highest BCUT2D eigenvalue weighted by Crippen LogP contribution is 2.28. The third-order valence-corrected chi connectivity index (χ3v) is 5.81. The van der Waals surface area contributed by atoms with Crippen molar-refractivity contribution in [3.63, 3.8) is 0 Å². The third kappa shape index (κ3) is 3.24. The molecule has 4 rings (SSSR count). The molecule has 1 saturated heterocycles. The number of morpholine rings is 1. The van der Waals surface area contributed by atoms with Crippen molar-refractivity contribution in [2.24, 2.45) is 0 Å². The standard InChI is InChI=1S/C17H16BrN3OS/c18-14-11-23-15-10-19-16(20-17(14)15)9-12-1-3-13(4-2-12)21-5-7-22-8-6-21/h1-4,10-11H,5-9H2. The number of anilines is 1. The van der Waals surface area contributed by atoms with E-state index in [9.17, 15) is 0 Å². The van der Waals surface area contributed by atoms with Crippen molar-refractivity contribution < 1.29 is 4.74 Å². The minimum absolute atomic E-state index is 0.752. The summed E-state index contributed by atoms with van der Waals surface area (Å²) in [6.45, 7) is 3.55. The number of hydrogen-bond donors (Lipinski definition) is 0. The number of ether oxygens (including phenoxy) is 1. The molecule has 2 aromatic heterocycles. The van der Waals surface area contributed by atoms with E-state index in [1.54, 1.807) is 11.3 Å². The van der Waals surface area contributed by atoms with Gasteiger partial charge >= 0.3 is 0 Å². The van der Waals surface area contributed by atoms with E-state index in [-0.39, 0.29) is 0 Å². The molecule has 118 valence electrons. The zero-order chi connectivity index (χ0) is 15.6. The van der Waals surface area contributed by atoms with Crippen LogP contribution in [0.4, 0.5) is 5.69 Å². The maximum atomic E-state index is 5.40. The first kappa shape index (κ1) is 15.1. The molecule has 4 nitrogen and oxygen atoms in total. The Morgan fingerprint density at radius 2 is 1.96 bits per heavy atom. The molecule has 1 aliphatic rings. The lowest BCUT2D eigenvalue weighted by molar-refractivity contribution is 0.122. The van der Waals surface area contributed by atoms with Gasteiger partial charge in [0.25, 0.3) is 0 Å². The summed E-state index contributed by atoms with van der Waals surface area (Å²) in [7, 11) is 0. The summed E-state index contributed by atoms with van der Waals surface area (Å²) in [5.74, 6) is 0.857. The monoisotopic (exact) mass is 389 g/mol. The minimum atomic E-state index is 0.752. The van der Waals surface area contributed by atoms with E-state index >= 15 is 0 Å². The van der Waals surface area contributed by atoms with Gasteiger partial charge in [-0.3, -0.25) is 0 Å². The molecule has 1 aromatic carbocycles. The van der Waals surface area contributed by atoms with Crippen molar-refractivity contribution in [3.05, 3.63) is 51.7 Å². The molecular weight excluding hydrogens is 374 g/mol. The summed E-state index contributed by atoms with van der Waals surface area (Å²) in [6, 6.07) is 8.70. The van der Waals surface area contributed by atoms with E-state index in [0.717, 1.165) is 53.2 Å². The average Bonchev–Trinajstić information content (AvgIpc) is 2.97. The Bertz CT molecular complexity index is 812. The molecule has 0 saturated carbocycles. The van der Waals surface area contributed by atoms with Crippen LogP contribution in [-0.2, 0) is 11.2 Å². The van der Waals surface area contributed by atoms with E-state index < -0.39 is 0 Å². The first-order chi connectivity index (χ1) is 11.3.